The van der Waals surface area contributed by atoms with Gasteiger partial charge >= 0.3 is 0 Å². The predicted molar refractivity (Wildman–Crippen MR) is 72.8 cm³/mol. The van der Waals surface area contributed by atoms with Crippen LogP contribution in [0.2, 0.25) is 0 Å². The molecule has 1 aliphatic rings. The smallest absolute Gasteiger partial charge is 0.254 e. The van der Waals surface area contributed by atoms with Crippen LogP contribution in [0, 0.1) is 0 Å². The van der Waals surface area contributed by atoms with E-state index in [1.54, 1.807) is 32.4 Å². The molecule has 0 aliphatic carbocycles. The van der Waals surface area contributed by atoms with E-state index < -0.39 is 0 Å². The van der Waals surface area contributed by atoms with Crippen molar-refractivity contribution in [3.05, 3.63) is 23.8 Å². The lowest BCUT2D eigenvalue weighted by atomic mass is 10.1. The zero-order chi connectivity index (χ0) is 13.1. The number of benzene rings is 1. The molecule has 0 spiro atoms. The molecule has 0 N–H and O–H groups in total. The highest BCUT2D eigenvalue weighted by Gasteiger charge is 2.25. The van der Waals surface area contributed by atoms with E-state index in [1.807, 2.05) is 4.90 Å². The van der Waals surface area contributed by atoms with Crippen molar-refractivity contribution in [2.75, 3.05) is 27.3 Å². The first kappa shape index (κ1) is 13.2. The number of nitrogens with zero attached hydrogens (tertiary/aromatic N) is 1. The van der Waals surface area contributed by atoms with Crippen molar-refractivity contribution in [2.45, 2.75) is 11.2 Å². The van der Waals surface area contributed by atoms with Gasteiger partial charge in [0.1, 0.15) is 11.5 Å². The molecule has 1 saturated heterocycles. The van der Waals surface area contributed by atoms with Crippen LogP contribution in [-0.4, -0.2) is 42.9 Å². The van der Waals surface area contributed by atoms with Crippen molar-refractivity contribution in [1.29, 1.82) is 0 Å². The maximum Gasteiger partial charge on any atom is 0.254 e. The molecule has 0 saturated carbocycles. The Hall–Kier alpha value is -1.23. The zero-order valence-corrected chi connectivity index (χ0v) is 12.1. The Morgan fingerprint density at radius 2 is 1.89 bits per heavy atom. The second-order valence-corrected chi connectivity index (χ2v) is 5.53. The van der Waals surface area contributed by atoms with Crippen molar-refractivity contribution in [1.82, 2.24) is 4.90 Å². The fraction of sp³-hybridized carbons (Fsp3) is 0.462. The minimum atomic E-state index is 0.0224. The lowest BCUT2D eigenvalue weighted by Gasteiger charge is -2.16. The summed E-state index contributed by atoms with van der Waals surface area (Å²) in [6, 6.07) is 5.24. The predicted octanol–water partition coefficient (Wildman–Crippen LogP) is 2.31. The Morgan fingerprint density at radius 3 is 2.33 bits per heavy atom. The molecule has 1 fully saturated rings. The summed E-state index contributed by atoms with van der Waals surface area (Å²) >= 11 is 3.53. The first-order valence-corrected chi connectivity index (χ1v) is 6.72. The Kier molecular flexibility index (Phi) is 4.11. The topological polar surface area (TPSA) is 38.8 Å². The molecule has 1 unspecified atom stereocenters. The number of carbonyl (C=O) groups excluding carboxylic acids is 1. The van der Waals surface area contributed by atoms with Gasteiger partial charge in [-0.2, -0.15) is 0 Å². The lowest BCUT2D eigenvalue weighted by molar-refractivity contribution is 0.0792. The molecule has 1 atom stereocenters. The van der Waals surface area contributed by atoms with Gasteiger partial charge in [0.2, 0.25) is 0 Å². The van der Waals surface area contributed by atoms with Crippen LogP contribution >= 0.6 is 15.9 Å². The van der Waals surface area contributed by atoms with E-state index in [2.05, 4.69) is 15.9 Å². The normalized spacial score (nSPS) is 18.8. The van der Waals surface area contributed by atoms with E-state index in [-0.39, 0.29) is 5.91 Å². The van der Waals surface area contributed by atoms with Crippen molar-refractivity contribution in [3.8, 4) is 11.5 Å². The third kappa shape index (κ3) is 2.77. The van der Waals surface area contributed by atoms with Gasteiger partial charge in [0, 0.05) is 29.5 Å². The number of hydrogen-bond donors (Lipinski definition) is 0. The number of amides is 1. The molecule has 1 aliphatic heterocycles. The number of halogens is 1. The summed E-state index contributed by atoms with van der Waals surface area (Å²) in [5.74, 6) is 1.29. The molecular formula is C13H16BrNO3. The molecule has 0 aromatic heterocycles. The van der Waals surface area contributed by atoms with Crippen molar-refractivity contribution in [2.24, 2.45) is 0 Å². The molecule has 1 aromatic carbocycles. The third-order valence-electron chi connectivity index (χ3n) is 3.02. The fourth-order valence-corrected chi connectivity index (χ4v) is 2.57. The number of hydrogen-bond acceptors (Lipinski definition) is 3. The largest absolute Gasteiger partial charge is 0.497 e. The highest BCUT2D eigenvalue weighted by molar-refractivity contribution is 9.09. The molecule has 98 valence electrons. The second-order valence-electron chi connectivity index (χ2n) is 4.24. The maximum absolute atomic E-state index is 12.3. The lowest BCUT2D eigenvalue weighted by Crippen LogP contribution is -2.28. The van der Waals surface area contributed by atoms with Gasteiger partial charge in [-0.05, 0) is 18.6 Å². The van der Waals surface area contributed by atoms with E-state index in [9.17, 15) is 4.79 Å². The van der Waals surface area contributed by atoms with Gasteiger partial charge < -0.3 is 14.4 Å². The third-order valence-corrected chi connectivity index (χ3v) is 3.76. The number of rotatable bonds is 3. The van der Waals surface area contributed by atoms with Gasteiger partial charge in [0.05, 0.1) is 14.2 Å². The van der Waals surface area contributed by atoms with E-state index >= 15 is 0 Å². The van der Waals surface area contributed by atoms with E-state index in [0.29, 0.717) is 21.9 Å². The number of methoxy groups -OCH3 is 2. The van der Waals surface area contributed by atoms with Gasteiger partial charge in [-0.1, -0.05) is 15.9 Å². The summed E-state index contributed by atoms with van der Waals surface area (Å²) in [4.78, 5) is 14.6. The monoisotopic (exact) mass is 313 g/mol. The standard InChI is InChI=1S/C13H16BrNO3/c1-17-11-5-9(6-12(7-11)18-2)13(16)15-4-3-10(14)8-15/h5-7,10H,3-4,8H2,1-2H3. The molecule has 1 aromatic rings. The first-order valence-electron chi connectivity index (χ1n) is 5.80. The van der Waals surface area contributed by atoms with E-state index in [1.165, 1.54) is 0 Å². The van der Waals surface area contributed by atoms with Crippen molar-refractivity contribution < 1.29 is 14.3 Å². The summed E-state index contributed by atoms with van der Waals surface area (Å²) < 4.78 is 10.3. The van der Waals surface area contributed by atoms with Gasteiger partial charge in [-0.3, -0.25) is 4.79 Å². The molecule has 1 heterocycles. The number of ether oxygens (including phenoxy) is 2. The fourth-order valence-electron chi connectivity index (χ4n) is 2.02. The first-order chi connectivity index (χ1) is 8.63. The maximum atomic E-state index is 12.3. The molecule has 1 amide bonds. The van der Waals surface area contributed by atoms with Crippen molar-refractivity contribution >= 4 is 21.8 Å². The Balaban J connectivity index is 2.24. The van der Waals surface area contributed by atoms with Gasteiger partial charge in [0.15, 0.2) is 0 Å². The second kappa shape index (κ2) is 5.61. The van der Waals surface area contributed by atoms with Gasteiger partial charge in [-0.25, -0.2) is 0 Å². The SMILES string of the molecule is COc1cc(OC)cc(C(=O)N2CCC(Br)C2)c1. The Labute approximate surface area is 115 Å². The molecule has 4 nitrogen and oxygen atoms in total. The summed E-state index contributed by atoms with van der Waals surface area (Å²) in [5, 5.41) is 0. The minimum absolute atomic E-state index is 0.0224. The van der Waals surface area contributed by atoms with Crippen LogP contribution in [0.5, 0.6) is 11.5 Å². The Bertz CT molecular complexity index is 428. The van der Waals surface area contributed by atoms with Crippen molar-refractivity contribution in [3.63, 3.8) is 0 Å². The molecule has 0 radical (unpaired) electrons. The van der Waals surface area contributed by atoms with Gasteiger partial charge in [-0.15, -0.1) is 0 Å². The summed E-state index contributed by atoms with van der Waals surface area (Å²) in [6.45, 7) is 1.53. The van der Waals surface area contributed by atoms with Crippen LogP contribution < -0.4 is 9.47 Å². The summed E-state index contributed by atoms with van der Waals surface area (Å²) in [6.07, 6.45) is 0.993. The number of alkyl halides is 1. The number of carbonyl (C=O) groups is 1. The van der Waals surface area contributed by atoms with Crippen LogP contribution in [0.4, 0.5) is 0 Å². The highest BCUT2D eigenvalue weighted by atomic mass is 79.9. The van der Waals surface area contributed by atoms with Crippen LogP contribution in [0.25, 0.3) is 0 Å². The highest BCUT2D eigenvalue weighted by Crippen LogP contribution is 2.25. The molecule has 0 bridgehead atoms. The quantitative estimate of drug-likeness (QED) is 0.804. The van der Waals surface area contributed by atoms with Crippen LogP contribution in [0.15, 0.2) is 18.2 Å². The van der Waals surface area contributed by atoms with Crippen LogP contribution in [-0.2, 0) is 0 Å². The van der Waals surface area contributed by atoms with E-state index in [0.717, 1.165) is 19.5 Å². The molecule has 18 heavy (non-hydrogen) atoms. The molecule has 5 heteroatoms. The molecular weight excluding hydrogens is 298 g/mol. The summed E-state index contributed by atoms with van der Waals surface area (Å²) in [5.41, 5.74) is 0.604. The zero-order valence-electron chi connectivity index (χ0n) is 10.5. The van der Waals surface area contributed by atoms with Crippen LogP contribution in [0.1, 0.15) is 16.8 Å². The average Bonchev–Trinajstić information content (AvgIpc) is 2.83. The van der Waals surface area contributed by atoms with E-state index in [4.69, 9.17) is 9.47 Å². The molecule has 2 rings (SSSR count). The average molecular weight is 314 g/mol. The van der Waals surface area contributed by atoms with Crippen LogP contribution in [0.3, 0.4) is 0 Å². The minimum Gasteiger partial charge on any atom is -0.497 e. The number of likely N-dealkylation sites (tertiary alicyclic amines) is 1. The summed E-state index contributed by atoms with van der Waals surface area (Å²) in [7, 11) is 3.15. The van der Waals surface area contributed by atoms with Gasteiger partial charge in [0.25, 0.3) is 5.91 Å². The Morgan fingerprint density at radius 1 is 1.28 bits per heavy atom.